The Bertz CT molecular complexity index is 928. The second-order valence-corrected chi connectivity index (χ2v) is 6.38. The number of carbonyl (C=O) groups excluding carboxylic acids is 1. The number of benzene rings is 2. The van der Waals surface area contributed by atoms with Crippen LogP contribution in [0.3, 0.4) is 0 Å². The van der Waals surface area contributed by atoms with Gasteiger partial charge in [0.25, 0.3) is 5.91 Å². The quantitative estimate of drug-likeness (QED) is 0.636. The van der Waals surface area contributed by atoms with Gasteiger partial charge >= 0.3 is 0 Å². The van der Waals surface area contributed by atoms with Crippen LogP contribution in [0.4, 0.5) is 11.4 Å². The molecule has 1 aromatic heterocycles. The van der Waals surface area contributed by atoms with E-state index in [2.05, 4.69) is 28.3 Å². The number of nitrogens with two attached hydrogens (primary N) is 1. The third-order valence-corrected chi connectivity index (χ3v) is 4.59. The van der Waals surface area contributed by atoms with Gasteiger partial charge in [-0.1, -0.05) is 18.2 Å². The van der Waals surface area contributed by atoms with Crippen molar-refractivity contribution in [2.24, 2.45) is 0 Å². The number of carbonyl (C=O) groups is 1. The molecule has 2 aromatic carbocycles. The van der Waals surface area contributed by atoms with Gasteiger partial charge in [0.15, 0.2) is 0 Å². The van der Waals surface area contributed by atoms with Gasteiger partial charge in [0.05, 0.1) is 11.1 Å². The van der Waals surface area contributed by atoms with Crippen LogP contribution >= 0.6 is 0 Å². The summed E-state index contributed by atoms with van der Waals surface area (Å²) in [7, 11) is 2.12. The molecule has 0 atom stereocenters. The number of H-pyrrole nitrogens is 1. The summed E-state index contributed by atoms with van der Waals surface area (Å²) in [5, 5.41) is 4.07. The highest BCUT2D eigenvalue weighted by Crippen LogP contribution is 2.29. The Morgan fingerprint density at radius 1 is 1.25 bits per heavy atom. The molecule has 4 N–H and O–H groups in total. The molecule has 3 aromatic rings. The van der Waals surface area contributed by atoms with Crippen LogP contribution in [-0.2, 0) is 13.0 Å². The maximum atomic E-state index is 12.7. The first-order chi connectivity index (χ1) is 11.6. The number of nitrogen functional groups attached to an aromatic ring is 1. The fourth-order valence-corrected chi connectivity index (χ4v) is 3.38. The highest BCUT2D eigenvalue weighted by Gasteiger charge is 2.21. The standard InChI is InChI=1S/C19H20N4O/c1-23-9-8-17-16(11-23)14-6-3-7-15(18(14)22-17)19(24)21-13-5-2-4-12(20)10-13/h2-7,10,22H,8-9,11,20H2,1H3,(H,21,24). The second kappa shape index (κ2) is 5.69. The Labute approximate surface area is 140 Å². The highest BCUT2D eigenvalue weighted by atomic mass is 16.1. The molecule has 0 aliphatic carbocycles. The normalized spacial score (nSPS) is 14.5. The third kappa shape index (κ3) is 2.53. The fraction of sp³-hybridized carbons (Fsp3) is 0.211. The molecule has 0 saturated heterocycles. The molecule has 5 heteroatoms. The lowest BCUT2D eigenvalue weighted by atomic mass is 10.0. The van der Waals surface area contributed by atoms with E-state index in [1.54, 1.807) is 12.1 Å². The number of nitrogens with one attached hydrogen (secondary N) is 2. The van der Waals surface area contributed by atoms with Crippen LogP contribution in [0.1, 0.15) is 21.6 Å². The smallest absolute Gasteiger partial charge is 0.257 e. The monoisotopic (exact) mass is 320 g/mol. The van der Waals surface area contributed by atoms with Gasteiger partial charge in [0, 0.05) is 42.0 Å². The molecule has 122 valence electrons. The van der Waals surface area contributed by atoms with Crippen molar-refractivity contribution in [3.63, 3.8) is 0 Å². The zero-order chi connectivity index (χ0) is 16.7. The van der Waals surface area contributed by atoms with E-state index in [4.69, 9.17) is 5.73 Å². The van der Waals surface area contributed by atoms with E-state index in [1.807, 2.05) is 24.3 Å². The first kappa shape index (κ1) is 14.8. The van der Waals surface area contributed by atoms with Gasteiger partial charge in [-0.15, -0.1) is 0 Å². The molecule has 0 spiro atoms. The van der Waals surface area contributed by atoms with Crippen molar-refractivity contribution < 1.29 is 4.79 Å². The zero-order valence-corrected chi connectivity index (χ0v) is 13.6. The maximum absolute atomic E-state index is 12.7. The molecule has 0 unspecified atom stereocenters. The highest BCUT2D eigenvalue weighted by molar-refractivity contribution is 6.12. The van der Waals surface area contributed by atoms with Crippen LogP contribution in [0.5, 0.6) is 0 Å². The lowest BCUT2D eigenvalue weighted by Crippen LogP contribution is -2.25. The van der Waals surface area contributed by atoms with E-state index in [9.17, 15) is 4.79 Å². The van der Waals surface area contributed by atoms with E-state index in [0.717, 1.165) is 30.4 Å². The van der Waals surface area contributed by atoms with Crippen LogP contribution < -0.4 is 11.1 Å². The van der Waals surface area contributed by atoms with Gasteiger partial charge < -0.3 is 20.9 Å². The topological polar surface area (TPSA) is 74.2 Å². The number of aromatic amines is 1. The van der Waals surface area contributed by atoms with Crippen molar-refractivity contribution in [1.29, 1.82) is 0 Å². The molecule has 4 rings (SSSR count). The van der Waals surface area contributed by atoms with Gasteiger partial charge in [-0.05, 0) is 36.9 Å². The molecule has 1 aliphatic rings. The fourth-order valence-electron chi connectivity index (χ4n) is 3.38. The number of hydrogen-bond donors (Lipinski definition) is 3. The minimum Gasteiger partial charge on any atom is -0.399 e. The van der Waals surface area contributed by atoms with E-state index < -0.39 is 0 Å². The molecule has 5 nitrogen and oxygen atoms in total. The molecule has 1 amide bonds. The minimum atomic E-state index is -0.127. The van der Waals surface area contributed by atoms with Gasteiger partial charge in [-0.3, -0.25) is 4.79 Å². The Morgan fingerprint density at radius 2 is 2.08 bits per heavy atom. The summed E-state index contributed by atoms with van der Waals surface area (Å²) in [4.78, 5) is 18.5. The van der Waals surface area contributed by atoms with Crippen LogP contribution in [0.2, 0.25) is 0 Å². The SMILES string of the molecule is CN1CCc2[nH]c3c(C(=O)Nc4cccc(N)c4)cccc3c2C1. The number of aromatic nitrogens is 1. The van der Waals surface area contributed by atoms with Crippen molar-refractivity contribution in [1.82, 2.24) is 9.88 Å². The average molecular weight is 320 g/mol. The van der Waals surface area contributed by atoms with Crippen LogP contribution in [0.15, 0.2) is 42.5 Å². The Hall–Kier alpha value is -2.79. The molecule has 0 bridgehead atoms. The lowest BCUT2D eigenvalue weighted by Gasteiger charge is -2.22. The predicted molar refractivity (Wildman–Crippen MR) is 97.1 cm³/mol. The number of nitrogens with zero attached hydrogens (tertiary/aromatic N) is 1. The van der Waals surface area contributed by atoms with Crippen molar-refractivity contribution in [3.05, 3.63) is 59.3 Å². The van der Waals surface area contributed by atoms with E-state index in [-0.39, 0.29) is 5.91 Å². The summed E-state index contributed by atoms with van der Waals surface area (Å²) in [5.41, 5.74) is 11.2. The molecular formula is C19H20N4O. The van der Waals surface area contributed by atoms with Gasteiger partial charge in [0.1, 0.15) is 0 Å². The summed E-state index contributed by atoms with van der Waals surface area (Å²) < 4.78 is 0. The van der Waals surface area contributed by atoms with E-state index >= 15 is 0 Å². The van der Waals surface area contributed by atoms with Crippen LogP contribution in [0.25, 0.3) is 10.9 Å². The first-order valence-electron chi connectivity index (χ1n) is 8.09. The summed E-state index contributed by atoms with van der Waals surface area (Å²) >= 11 is 0. The van der Waals surface area contributed by atoms with Gasteiger partial charge in [-0.2, -0.15) is 0 Å². The molecule has 24 heavy (non-hydrogen) atoms. The lowest BCUT2D eigenvalue weighted by molar-refractivity contribution is 0.102. The maximum Gasteiger partial charge on any atom is 0.257 e. The Balaban J connectivity index is 1.73. The van der Waals surface area contributed by atoms with Crippen molar-refractivity contribution >= 4 is 28.2 Å². The van der Waals surface area contributed by atoms with Crippen molar-refractivity contribution in [2.45, 2.75) is 13.0 Å². The Morgan fingerprint density at radius 3 is 2.92 bits per heavy atom. The molecule has 0 radical (unpaired) electrons. The average Bonchev–Trinajstić information content (AvgIpc) is 2.92. The zero-order valence-electron chi connectivity index (χ0n) is 13.6. The van der Waals surface area contributed by atoms with Crippen molar-refractivity contribution in [3.8, 4) is 0 Å². The Kier molecular flexibility index (Phi) is 3.50. The van der Waals surface area contributed by atoms with Gasteiger partial charge in [0.2, 0.25) is 0 Å². The van der Waals surface area contributed by atoms with E-state index in [1.165, 1.54) is 11.3 Å². The summed E-state index contributed by atoms with van der Waals surface area (Å²) in [6.07, 6.45) is 0.983. The number of fused-ring (bicyclic) bond motifs is 3. The molecule has 0 fully saturated rings. The molecular weight excluding hydrogens is 300 g/mol. The third-order valence-electron chi connectivity index (χ3n) is 4.59. The predicted octanol–water partition coefficient (Wildman–Crippen LogP) is 2.99. The van der Waals surface area contributed by atoms with E-state index in [0.29, 0.717) is 16.9 Å². The second-order valence-electron chi connectivity index (χ2n) is 6.38. The van der Waals surface area contributed by atoms with Crippen LogP contribution in [-0.4, -0.2) is 29.4 Å². The largest absolute Gasteiger partial charge is 0.399 e. The molecule has 1 aliphatic heterocycles. The number of anilines is 2. The van der Waals surface area contributed by atoms with Crippen LogP contribution in [0, 0.1) is 0 Å². The van der Waals surface area contributed by atoms with Crippen molar-refractivity contribution in [2.75, 3.05) is 24.6 Å². The number of likely N-dealkylation sites (N-methyl/N-ethyl adjacent to an activating group) is 1. The summed E-state index contributed by atoms with van der Waals surface area (Å²) in [5.74, 6) is -0.127. The molecule has 2 heterocycles. The van der Waals surface area contributed by atoms with Gasteiger partial charge in [-0.25, -0.2) is 0 Å². The summed E-state index contributed by atoms with van der Waals surface area (Å²) in [6.45, 7) is 1.94. The minimum absolute atomic E-state index is 0.127. The molecule has 0 saturated carbocycles. The number of para-hydroxylation sites is 1. The summed E-state index contributed by atoms with van der Waals surface area (Å²) in [6, 6.07) is 13.1. The number of rotatable bonds is 2. The first-order valence-corrected chi connectivity index (χ1v) is 8.09. The number of hydrogen-bond acceptors (Lipinski definition) is 3. The number of amides is 1.